The number of hydroxylamine groups is 3. The summed E-state index contributed by atoms with van der Waals surface area (Å²) in [6.45, 7) is 0.929. The van der Waals surface area contributed by atoms with E-state index in [1.807, 2.05) is 36.4 Å². The molecule has 0 aliphatic carbocycles. The molecule has 1 aliphatic rings. The van der Waals surface area contributed by atoms with Gasteiger partial charge in [0, 0.05) is 12.0 Å². The molecule has 136 valence electrons. The van der Waals surface area contributed by atoms with Gasteiger partial charge in [-0.15, -0.1) is 0 Å². The minimum Gasteiger partial charge on any atom is -0.633 e. The van der Waals surface area contributed by atoms with Crippen LogP contribution < -0.4 is 4.74 Å². The van der Waals surface area contributed by atoms with Crippen LogP contribution in [0.3, 0.4) is 0 Å². The summed E-state index contributed by atoms with van der Waals surface area (Å²) in [6.07, 6.45) is 2.66. The third-order valence-corrected chi connectivity index (χ3v) is 4.40. The van der Waals surface area contributed by atoms with Gasteiger partial charge in [-0.1, -0.05) is 36.4 Å². The highest BCUT2D eigenvalue weighted by molar-refractivity contribution is 5.85. The molecule has 26 heavy (non-hydrogen) atoms. The SMILES string of the molecule is C[N+](C)([O-])CC/C=C1\c2ccccc2COc2ccc(CC(=O)O)cc21. The Hall–Kier alpha value is -2.63. The maximum Gasteiger partial charge on any atom is 0.307 e. The van der Waals surface area contributed by atoms with E-state index in [0.717, 1.165) is 33.6 Å². The summed E-state index contributed by atoms with van der Waals surface area (Å²) in [6, 6.07) is 13.5. The van der Waals surface area contributed by atoms with Crippen molar-refractivity contribution >= 4 is 11.5 Å². The van der Waals surface area contributed by atoms with E-state index in [1.165, 1.54) is 0 Å². The number of fused-ring (bicyclic) bond motifs is 2. The summed E-state index contributed by atoms with van der Waals surface area (Å²) < 4.78 is 5.61. The molecule has 2 aromatic rings. The number of quaternary nitrogens is 1. The summed E-state index contributed by atoms with van der Waals surface area (Å²) in [5.41, 5.74) is 4.74. The fraction of sp³-hybridized carbons (Fsp3) is 0.286. The number of aliphatic carboxylic acids is 1. The Labute approximate surface area is 153 Å². The molecular weight excluding hydrogens is 330 g/mol. The van der Waals surface area contributed by atoms with E-state index in [0.29, 0.717) is 19.6 Å². The van der Waals surface area contributed by atoms with Crippen molar-refractivity contribution in [1.29, 1.82) is 0 Å². The number of carboxylic acids is 1. The van der Waals surface area contributed by atoms with Crippen LogP contribution in [0.5, 0.6) is 5.75 Å². The zero-order chi connectivity index (χ0) is 18.7. The number of nitrogens with zero attached hydrogens (tertiary/aromatic N) is 1. The molecular formula is C21H23NO4. The summed E-state index contributed by atoms with van der Waals surface area (Å²) in [5.74, 6) is -0.131. The summed E-state index contributed by atoms with van der Waals surface area (Å²) >= 11 is 0. The minimum absolute atomic E-state index is 0.0350. The van der Waals surface area contributed by atoms with Gasteiger partial charge in [-0.05, 0) is 34.4 Å². The van der Waals surface area contributed by atoms with Crippen LogP contribution in [0.1, 0.15) is 28.7 Å². The van der Waals surface area contributed by atoms with Crippen LogP contribution in [0.25, 0.3) is 5.57 Å². The molecule has 0 fully saturated rings. The van der Waals surface area contributed by atoms with Crippen molar-refractivity contribution in [3.05, 3.63) is 76.0 Å². The number of hydrogen-bond acceptors (Lipinski definition) is 3. The lowest BCUT2D eigenvalue weighted by molar-refractivity contribution is -0.839. The van der Waals surface area contributed by atoms with Crippen LogP contribution in [0, 0.1) is 5.21 Å². The van der Waals surface area contributed by atoms with Crippen LogP contribution in [0.2, 0.25) is 0 Å². The van der Waals surface area contributed by atoms with E-state index in [4.69, 9.17) is 9.84 Å². The van der Waals surface area contributed by atoms with Crippen LogP contribution in [-0.2, 0) is 17.8 Å². The predicted molar refractivity (Wildman–Crippen MR) is 101 cm³/mol. The standard InChI is InChI=1S/C21H23NO4/c1-22(2,25)11-5-8-18-17-7-4-3-6-16(17)14-26-20-10-9-15(12-19(18)20)13-21(23)24/h3-4,6-10,12H,5,11,13-14H2,1-2H3,(H,23,24)/b18-8+. The van der Waals surface area contributed by atoms with Crippen LogP contribution in [0.4, 0.5) is 0 Å². The van der Waals surface area contributed by atoms with E-state index in [2.05, 4.69) is 6.08 Å². The Morgan fingerprint density at radius 3 is 2.73 bits per heavy atom. The molecule has 0 amide bonds. The molecule has 0 aromatic heterocycles. The first kappa shape index (κ1) is 18.2. The first-order valence-electron chi connectivity index (χ1n) is 8.64. The normalized spacial score (nSPS) is 15.0. The van der Waals surface area contributed by atoms with Gasteiger partial charge in [0.1, 0.15) is 12.4 Å². The fourth-order valence-electron chi connectivity index (χ4n) is 3.15. The van der Waals surface area contributed by atoms with Gasteiger partial charge in [0.2, 0.25) is 0 Å². The number of carboxylic acid groups (broad SMARTS) is 1. The number of ether oxygens (including phenoxy) is 1. The minimum atomic E-state index is -0.865. The van der Waals surface area contributed by atoms with Gasteiger partial charge in [-0.25, -0.2) is 0 Å². The molecule has 1 heterocycles. The second-order valence-electron chi connectivity index (χ2n) is 7.05. The molecule has 5 heteroatoms. The Bertz CT molecular complexity index is 849. The average Bonchev–Trinajstić information content (AvgIpc) is 2.71. The number of hydrogen-bond donors (Lipinski definition) is 1. The topological polar surface area (TPSA) is 69.6 Å². The molecule has 5 nitrogen and oxygen atoms in total. The van der Waals surface area contributed by atoms with E-state index in [1.54, 1.807) is 20.2 Å². The third kappa shape index (κ3) is 4.31. The number of carbonyl (C=O) groups is 1. The monoisotopic (exact) mass is 353 g/mol. The highest BCUT2D eigenvalue weighted by atomic mass is 16.5. The molecule has 3 rings (SSSR count). The van der Waals surface area contributed by atoms with Gasteiger partial charge in [0.05, 0.1) is 27.1 Å². The van der Waals surface area contributed by atoms with Crippen molar-refractivity contribution in [3.8, 4) is 5.75 Å². The zero-order valence-corrected chi connectivity index (χ0v) is 15.1. The van der Waals surface area contributed by atoms with Crippen LogP contribution in [-0.4, -0.2) is 36.4 Å². The quantitative estimate of drug-likeness (QED) is 0.659. The van der Waals surface area contributed by atoms with Gasteiger partial charge in [0.25, 0.3) is 0 Å². The molecule has 2 aromatic carbocycles. The Morgan fingerprint density at radius 1 is 1.23 bits per heavy atom. The van der Waals surface area contributed by atoms with Gasteiger partial charge in [0.15, 0.2) is 0 Å². The van der Waals surface area contributed by atoms with Crippen LogP contribution in [0.15, 0.2) is 48.5 Å². The maximum atomic E-state index is 11.9. The van der Waals surface area contributed by atoms with Gasteiger partial charge in [-0.2, -0.15) is 0 Å². The van der Waals surface area contributed by atoms with E-state index in [-0.39, 0.29) is 11.1 Å². The molecule has 0 spiro atoms. The molecule has 0 saturated carbocycles. The zero-order valence-electron chi connectivity index (χ0n) is 15.1. The molecule has 0 atom stereocenters. The Morgan fingerprint density at radius 2 is 2.00 bits per heavy atom. The molecule has 0 unspecified atom stereocenters. The van der Waals surface area contributed by atoms with E-state index in [9.17, 15) is 10.0 Å². The Balaban J connectivity index is 2.07. The second-order valence-corrected chi connectivity index (χ2v) is 7.05. The van der Waals surface area contributed by atoms with Crippen molar-refractivity contribution in [2.75, 3.05) is 20.6 Å². The molecule has 0 radical (unpaired) electrons. The summed E-state index contributed by atoms with van der Waals surface area (Å²) in [4.78, 5) is 11.1. The van der Waals surface area contributed by atoms with Crippen molar-refractivity contribution in [3.63, 3.8) is 0 Å². The molecule has 0 bridgehead atoms. The maximum absolute atomic E-state index is 11.9. The molecule has 0 saturated heterocycles. The number of rotatable bonds is 5. The average molecular weight is 353 g/mol. The predicted octanol–water partition coefficient (Wildman–Crippen LogP) is 3.60. The van der Waals surface area contributed by atoms with E-state index >= 15 is 0 Å². The summed E-state index contributed by atoms with van der Waals surface area (Å²) in [5, 5.41) is 21.0. The first-order chi connectivity index (χ1) is 12.3. The van der Waals surface area contributed by atoms with Crippen molar-refractivity contribution in [2.24, 2.45) is 0 Å². The van der Waals surface area contributed by atoms with Crippen molar-refractivity contribution < 1.29 is 19.3 Å². The third-order valence-electron chi connectivity index (χ3n) is 4.40. The van der Waals surface area contributed by atoms with Crippen molar-refractivity contribution in [1.82, 2.24) is 0 Å². The highest BCUT2D eigenvalue weighted by Crippen LogP contribution is 2.37. The van der Waals surface area contributed by atoms with Gasteiger partial charge in [-0.3, -0.25) is 4.79 Å². The first-order valence-corrected chi connectivity index (χ1v) is 8.64. The fourth-order valence-corrected chi connectivity index (χ4v) is 3.15. The number of benzene rings is 2. The lowest BCUT2D eigenvalue weighted by Crippen LogP contribution is -2.32. The van der Waals surface area contributed by atoms with Gasteiger partial charge < -0.3 is 19.7 Å². The Kier molecular flexibility index (Phi) is 5.11. The van der Waals surface area contributed by atoms with Gasteiger partial charge >= 0.3 is 5.97 Å². The van der Waals surface area contributed by atoms with E-state index < -0.39 is 5.97 Å². The second kappa shape index (κ2) is 7.32. The smallest absolute Gasteiger partial charge is 0.307 e. The van der Waals surface area contributed by atoms with Crippen molar-refractivity contribution in [2.45, 2.75) is 19.4 Å². The summed E-state index contributed by atoms with van der Waals surface area (Å²) in [7, 11) is 3.25. The largest absolute Gasteiger partial charge is 0.633 e. The van der Waals surface area contributed by atoms with Crippen LogP contribution >= 0.6 is 0 Å². The molecule has 1 aliphatic heterocycles. The highest BCUT2D eigenvalue weighted by Gasteiger charge is 2.20. The lowest BCUT2D eigenvalue weighted by Gasteiger charge is -2.33. The molecule has 1 N–H and O–H groups in total. The lowest BCUT2D eigenvalue weighted by atomic mass is 9.92.